The number of fused-ring (bicyclic) bond motifs is 3. The Kier molecular flexibility index (Phi) is 4.24. The van der Waals surface area contributed by atoms with Crippen LogP contribution in [0.25, 0.3) is 22.4 Å². The van der Waals surface area contributed by atoms with E-state index in [1.165, 1.54) is 11.8 Å². The van der Waals surface area contributed by atoms with Crippen molar-refractivity contribution in [1.29, 1.82) is 0 Å². The molecule has 6 nitrogen and oxygen atoms in total. The van der Waals surface area contributed by atoms with Gasteiger partial charge in [0.1, 0.15) is 5.78 Å². The summed E-state index contributed by atoms with van der Waals surface area (Å²) in [5.74, 6) is 0.731. The minimum atomic E-state index is -0.132. The van der Waals surface area contributed by atoms with Crippen molar-refractivity contribution in [2.45, 2.75) is 36.1 Å². The van der Waals surface area contributed by atoms with Gasteiger partial charge in [-0.05, 0) is 37.1 Å². The molecule has 1 atom stereocenters. The number of hydrogen-bond acceptors (Lipinski definition) is 5. The van der Waals surface area contributed by atoms with Crippen molar-refractivity contribution >= 4 is 34.2 Å². The molecule has 5 rings (SSSR count). The van der Waals surface area contributed by atoms with E-state index in [-0.39, 0.29) is 16.6 Å². The Morgan fingerprint density at radius 3 is 2.54 bits per heavy atom. The highest BCUT2D eigenvalue weighted by Crippen LogP contribution is 2.32. The summed E-state index contributed by atoms with van der Waals surface area (Å²) < 4.78 is 3.48. The maximum absolute atomic E-state index is 13.2. The summed E-state index contributed by atoms with van der Waals surface area (Å²) in [6.07, 6.45) is 3.50. The number of Topliss-reactive ketones (excluding diaryl/α,β-unsaturated/α-hetero) is 1. The largest absolute Gasteiger partial charge is 0.298 e. The second-order valence-corrected chi connectivity index (χ2v) is 8.10. The van der Waals surface area contributed by atoms with Crippen LogP contribution in [-0.2, 0) is 4.79 Å². The molecule has 0 bridgehead atoms. The average Bonchev–Trinajstić information content (AvgIpc) is 3.14. The first-order valence-electron chi connectivity index (χ1n) is 9.38. The van der Waals surface area contributed by atoms with Crippen molar-refractivity contribution in [3.05, 3.63) is 65.0 Å². The third-order valence-electron chi connectivity index (χ3n) is 5.16. The molecule has 1 fully saturated rings. The molecular weight excluding hydrogens is 372 g/mol. The van der Waals surface area contributed by atoms with E-state index in [0.717, 1.165) is 30.5 Å². The van der Waals surface area contributed by atoms with E-state index in [1.807, 2.05) is 59.0 Å². The lowest BCUT2D eigenvalue weighted by atomic mass is 9.99. The number of rotatable bonds is 3. The Morgan fingerprint density at radius 1 is 0.929 bits per heavy atom. The molecule has 140 valence electrons. The second kappa shape index (κ2) is 6.91. The third-order valence-corrected chi connectivity index (χ3v) is 6.41. The highest BCUT2D eigenvalue weighted by molar-refractivity contribution is 8.00. The quantitative estimate of drug-likeness (QED) is 0.534. The summed E-state index contributed by atoms with van der Waals surface area (Å²) in [5, 5.41) is 9.85. The SMILES string of the molecule is O=C1CCCC[C@@H]1Sc1nnc2n(-c3ccccc3)c(=O)c3ccccc3n12. The first kappa shape index (κ1) is 17.2. The predicted molar refractivity (Wildman–Crippen MR) is 109 cm³/mol. The minimum absolute atomic E-state index is 0.1000. The molecule has 1 aliphatic carbocycles. The summed E-state index contributed by atoms with van der Waals surface area (Å²) >= 11 is 1.46. The summed E-state index contributed by atoms with van der Waals surface area (Å²) in [6, 6.07) is 16.9. The molecule has 2 heterocycles. The third kappa shape index (κ3) is 2.74. The fraction of sp³-hybridized carbons (Fsp3) is 0.238. The maximum Gasteiger partial charge on any atom is 0.267 e. The zero-order chi connectivity index (χ0) is 19.1. The summed E-state index contributed by atoms with van der Waals surface area (Å²) in [5.41, 5.74) is 1.36. The Morgan fingerprint density at radius 2 is 1.71 bits per heavy atom. The van der Waals surface area contributed by atoms with Crippen LogP contribution in [-0.4, -0.2) is 30.2 Å². The summed E-state index contributed by atoms with van der Waals surface area (Å²) in [7, 11) is 0. The number of thioether (sulfide) groups is 1. The molecule has 1 saturated carbocycles. The minimum Gasteiger partial charge on any atom is -0.298 e. The number of hydrogen-bond donors (Lipinski definition) is 0. The normalized spacial score (nSPS) is 17.4. The van der Waals surface area contributed by atoms with E-state index in [1.54, 1.807) is 4.57 Å². The van der Waals surface area contributed by atoms with Crippen LogP contribution in [0.2, 0.25) is 0 Å². The van der Waals surface area contributed by atoms with E-state index >= 15 is 0 Å². The highest BCUT2D eigenvalue weighted by Gasteiger charge is 2.26. The lowest BCUT2D eigenvalue weighted by molar-refractivity contribution is -0.119. The zero-order valence-electron chi connectivity index (χ0n) is 15.1. The highest BCUT2D eigenvalue weighted by atomic mass is 32.2. The van der Waals surface area contributed by atoms with Gasteiger partial charge in [-0.15, -0.1) is 10.2 Å². The molecule has 1 aliphatic rings. The summed E-state index contributed by atoms with van der Waals surface area (Å²) in [4.78, 5) is 25.5. The van der Waals surface area contributed by atoms with Crippen LogP contribution in [0, 0.1) is 0 Å². The van der Waals surface area contributed by atoms with E-state index < -0.39 is 0 Å². The van der Waals surface area contributed by atoms with Gasteiger partial charge in [-0.2, -0.15) is 0 Å². The number of carbonyl (C=O) groups excluding carboxylic acids is 1. The van der Waals surface area contributed by atoms with Gasteiger partial charge >= 0.3 is 0 Å². The molecule has 0 amide bonds. The number of aromatic nitrogens is 4. The van der Waals surface area contributed by atoms with Gasteiger partial charge in [0.05, 0.1) is 21.8 Å². The van der Waals surface area contributed by atoms with Gasteiger partial charge in [-0.25, -0.2) is 4.57 Å². The van der Waals surface area contributed by atoms with Gasteiger partial charge in [0.25, 0.3) is 5.56 Å². The van der Waals surface area contributed by atoms with E-state index in [9.17, 15) is 9.59 Å². The molecule has 7 heteroatoms. The van der Waals surface area contributed by atoms with E-state index in [2.05, 4.69) is 10.2 Å². The Bertz CT molecular complexity index is 1250. The van der Waals surface area contributed by atoms with Crippen LogP contribution < -0.4 is 5.56 Å². The van der Waals surface area contributed by atoms with Crippen molar-refractivity contribution in [1.82, 2.24) is 19.2 Å². The van der Waals surface area contributed by atoms with Gasteiger partial charge in [-0.3, -0.25) is 14.0 Å². The number of carbonyl (C=O) groups is 1. The summed E-state index contributed by atoms with van der Waals surface area (Å²) in [6.45, 7) is 0. The molecule has 2 aromatic heterocycles. The van der Waals surface area contributed by atoms with Gasteiger partial charge < -0.3 is 0 Å². The molecule has 0 N–H and O–H groups in total. The lowest BCUT2D eigenvalue weighted by Gasteiger charge is -2.19. The number of benzene rings is 2. The van der Waals surface area contributed by atoms with Crippen LogP contribution >= 0.6 is 11.8 Å². The van der Waals surface area contributed by atoms with Crippen molar-refractivity contribution in [3.8, 4) is 5.69 Å². The van der Waals surface area contributed by atoms with Gasteiger partial charge in [0.2, 0.25) is 5.78 Å². The van der Waals surface area contributed by atoms with Gasteiger partial charge in [0.15, 0.2) is 5.16 Å². The monoisotopic (exact) mass is 390 g/mol. The van der Waals surface area contributed by atoms with Crippen LogP contribution in [0.4, 0.5) is 0 Å². The molecule has 4 aromatic rings. The fourth-order valence-corrected chi connectivity index (χ4v) is 4.93. The van der Waals surface area contributed by atoms with Crippen molar-refractivity contribution in [2.75, 3.05) is 0 Å². The molecule has 0 spiro atoms. The van der Waals surface area contributed by atoms with E-state index in [4.69, 9.17) is 0 Å². The van der Waals surface area contributed by atoms with Gasteiger partial charge in [-0.1, -0.05) is 48.5 Å². The van der Waals surface area contributed by atoms with Crippen molar-refractivity contribution in [2.24, 2.45) is 0 Å². The molecule has 2 aromatic carbocycles. The number of nitrogens with zero attached hydrogens (tertiary/aromatic N) is 4. The predicted octanol–water partition coefficient (Wildman–Crippen LogP) is 3.64. The number of para-hydroxylation sites is 2. The van der Waals surface area contributed by atoms with Crippen molar-refractivity contribution in [3.63, 3.8) is 0 Å². The fourth-order valence-electron chi connectivity index (χ4n) is 3.77. The van der Waals surface area contributed by atoms with Crippen LogP contribution in [0.15, 0.2) is 64.5 Å². The average molecular weight is 390 g/mol. The lowest BCUT2D eigenvalue weighted by Crippen LogP contribution is -2.23. The van der Waals surface area contributed by atoms with Crippen molar-refractivity contribution < 1.29 is 4.79 Å². The molecule has 0 aliphatic heterocycles. The van der Waals surface area contributed by atoms with Gasteiger partial charge in [0, 0.05) is 6.42 Å². The molecule has 28 heavy (non-hydrogen) atoms. The number of ketones is 1. The van der Waals surface area contributed by atoms with Crippen LogP contribution in [0.1, 0.15) is 25.7 Å². The molecular formula is C21H18N4O2S. The maximum atomic E-state index is 13.2. The zero-order valence-corrected chi connectivity index (χ0v) is 15.9. The molecule has 0 radical (unpaired) electrons. The molecule has 0 saturated heterocycles. The first-order chi connectivity index (χ1) is 13.7. The second-order valence-electron chi connectivity index (χ2n) is 6.93. The molecule has 0 unspecified atom stereocenters. The van der Waals surface area contributed by atoms with Crippen LogP contribution in [0.5, 0.6) is 0 Å². The standard InChI is InChI=1S/C21H18N4O2S/c26-17-12-6-7-13-18(17)28-21-23-22-20-24(14-8-2-1-3-9-14)19(27)15-10-4-5-11-16(15)25(20)21/h1-5,8-11,18H,6-7,12-13H2/t18-/m0/s1. The smallest absolute Gasteiger partial charge is 0.267 e. The first-order valence-corrected chi connectivity index (χ1v) is 10.3. The Hall–Kier alpha value is -2.93. The topological polar surface area (TPSA) is 69.3 Å². The van der Waals surface area contributed by atoms with Crippen LogP contribution in [0.3, 0.4) is 0 Å². The van der Waals surface area contributed by atoms with E-state index in [0.29, 0.717) is 22.7 Å². The Labute approximate surface area is 165 Å². The Balaban J connectivity index is 1.77.